The Morgan fingerprint density at radius 1 is 1.20 bits per heavy atom. The molecule has 1 fully saturated rings. The molecule has 20 heavy (non-hydrogen) atoms. The van der Waals surface area contributed by atoms with Crippen molar-refractivity contribution in [2.45, 2.75) is 25.7 Å². The van der Waals surface area contributed by atoms with Crippen molar-refractivity contribution < 1.29 is 13.5 Å². The maximum atomic E-state index is 13.2. The first-order valence-corrected chi connectivity index (χ1v) is 6.31. The summed E-state index contributed by atoms with van der Waals surface area (Å²) in [5.74, 6) is -0.118. The number of benzene rings is 1. The van der Waals surface area contributed by atoms with Gasteiger partial charge in [0.2, 0.25) is 5.88 Å². The molecule has 6 heteroatoms. The van der Waals surface area contributed by atoms with E-state index < -0.39 is 11.6 Å². The van der Waals surface area contributed by atoms with Crippen LogP contribution in [0.4, 0.5) is 14.6 Å². The lowest BCUT2D eigenvalue weighted by molar-refractivity contribution is 0.441. The Bertz CT molecular complexity index is 672. The Hall–Kier alpha value is -2.24. The highest BCUT2D eigenvalue weighted by atomic mass is 19.2. The minimum atomic E-state index is -0.968. The van der Waals surface area contributed by atoms with Crippen molar-refractivity contribution in [1.82, 2.24) is 9.97 Å². The fourth-order valence-corrected chi connectivity index (χ4v) is 1.81. The van der Waals surface area contributed by atoms with Crippen LogP contribution in [0.2, 0.25) is 0 Å². The monoisotopic (exact) mass is 277 g/mol. The van der Waals surface area contributed by atoms with Crippen LogP contribution in [0, 0.1) is 18.6 Å². The molecule has 1 aliphatic carbocycles. The lowest BCUT2D eigenvalue weighted by Gasteiger charge is -2.11. The highest BCUT2D eigenvalue weighted by molar-refractivity contribution is 5.46. The quantitative estimate of drug-likeness (QED) is 0.935. The lowest BCUT2D eigenvalue weighted by Crippen LogP contribution is -2.04. The first-order chi connectivity index (χ1) is 9.54. The molecule has 3 rings (SSSR count). The topological polar surface area (TPSA) is 61.0 Å². The fourth-order valence-electron chi connectivity index (χ4n) is 1.81. The summed E-state index contributed by atoms with van der Waals surface area (Å²) in [7, 11) is 0. The van der Waals surface area contributed by atoms with Gasteiger partial charge in [-0.1, -0.05) is 0 Å². The summed E-state index contributed by atoms with van der Waals surface area (Å²) in [6.45, 7) is 1.72. The molecule has 4 nitrogen and oxygen atoms in total. The van der Waals surface area contributed by atoms with E-state index in [2.05, 4.69) is 9.97 Å². The van der Waals surface area contributed by atoms with Gasteiger partial charge in [0.05, 0.1) is 5.56 Å². The van der Waals surface area contributed by atoms with Gasteiger partial charge in [-0.15, -0.1) is 0 Å². The summed E-state index contributed by atoms with van der Waals surface area (Å²) >= 11 is 0. The number of anilines is 1. The molecular formula is C14H13F2N3O. The van der Waals surface area contributed by atoms with E-state index in [9.17, 15) is 8.78 Å². The van der Waals surface area contributed by atoms with Crippen LogP contribution in [-0.4, -0.2) is 9.97 Å². The Morgan fingerprint density at radius 2 is 1.95 bits per heavy atom. The molecule has 0 atom stereocenters. The van der Waals surface area contributed by atoms with Crippen molar-refractivity contribution in [2.24, 2.45) is 0 Å². The molecule has 1 aromatic heterocycles. The Labute approximate surface area is 114 Å². The summed E-state index contributed by atoms with van der Waals surface area (Å²) in [4.78, 5) is 8.53. The van der Waals surface area contributed by atoms with Gasteiger partial charge in [-0.25, -0.2) is 13.8 Å². The van der Waals surface area contributed by atoms with Crippen LogP contribution in [0.15, 0.2) is 18.2 Å². The van der Waals surface area contributed by atoms with Crippen molar-refractivity contribution in [2.75, 3.05) is 5.73 Å². The lowest BCUT2D eigenvalue weighted by atomic mass is 10.3. The predicted molar refractivity (Wildman–Crippen MR) is 69.6 cm³/mol. The minimum absolute atomic E-state index is 0.173. The van der Waals surface area contributed by atoms with Crippen LogP contribution < -0.4 is 10.5 Å². The van der Waals surface area contributed by atoms with Crippen molar-refractivity contribution in [1.29, 1.82) is 0 Å². The third kappa shape index (κ3) is 2.41. The largest absolute Gasteiger partial charge is 0.438 e. The van der Waals surface area contributed by atoms with Gasteiger partial charge in [-0.2, -0.15) is 4.98 Å². The van der Waals surface area contributed by atoms with Gasteiger partial charge >= 0.3 is 0 Å². The van der Waals surface area contributed by atoms with Crippen molar-refractivity contribution in [3.05, 3.63) is 41.2 Å². The average molecular weight is 277 g/mol. The van der Waals surface area contributed by atoms with E-state index in [1.54, 1.807) is 6.92 Å². The number of hydrogen-bond donors (Lipinski definition) is 1. The summed E-state index contributed by atoms with van der Waals surface area (Å²) < 4.78 is 31.6. The Morgan fingerprint density at radius 3 is 2.60 bits per heavy atom. The van der Waals surface area contributed by atoms with Gasteiger partial charge in [0.15, 0.2) is 11.6 Å². The van der Waals surface area contributed by atoms with Crippen molar-refractivity contribution in [3.63, 3.8) is 0 Å². The molecule has 104 valence electrons. The zero-order chi connectivity index (χ0) is 14.3. The van der Waals surface area contributed by atoms with E-state index in [0.29, 0.717) is 23.1 Å². The molecule has 0 spiro atoms. The summed E-state index contributed by atoms with van der Waals surface area (Å²) in [5.41, 5.74) is 6.41. The van der Waals surface area contributed by atoms with E-state index in [1.807, 2.05) is 0 Å². The smallest absolute Gasteiger partial charge is 0.227 e. The van der Waals surface area contributed by atoms with Gasteiger partial charge in [0.25, 0.3) is 0 Å². The van der Waals surface area contributed by atoms with Crippen LogP contribution in [0.5, 0.6) is 11.6 Å². The molecule has 1 saturated carbocycles. The fraction of sp³-hybridized carbons (Fsp3) is 0.286. The second-order valence-electron chi connectivity index (χ2n) is 4.85. The van der Waals surface area contributed by atoms with Gasteiger partial charge in [0, 0.05) is 12.0 Å². The highest BCUT2D eigenvalue weighted by Gasteiger charge is 2.28. The number of aromatic nitrogens is 2. The molecule has 0 unspecified atom stereocenters. The number of rotatable bonds is 3. The molecule has 0 radical (unpaired) electrons. The van der Waals surface area contributed by atoms with Crippen LogP contribution >= 0.6 is 0 Å². The number of nitrogen functional groups attached to an aromatic ring is 1. The van der Waals surface area contributed by atoms with Gasteiger partial charge in [0.1, 0.15) is 17.4 Å². The number of nitrogens with zero attached hydrogens (tertiary/aromatic N) is 2. The minimum Gasteiger partial charge on any atom is -0.438 e. The first kappa shape index (κ1) is 12.8. The SMILES string of the molecule is Cc1c(N)nc(C2CC2)nc1Oc1ccc(F)c(F)c1. The van der Waals surface area contributed by atoms with E-state index in [1.165, 1.54) is 6.07 Å². The zero-order valence-corrected chi connectivity index (χ0v) is 10.9. The second kappa shape index (κ2) is 4.70. The van der Waals surface area contributed by atoms with Gasteiger partial charge in [-0.05, 0) is 31.9 Å². The molecule has 1 heterocycles. The number of hydrogen-bond acceptors (Lipinski definition) is 4. The van der Waals surface area contributed by atoms with Crippen molar-refractivity contribution >= 4 is 5.82 Å². The summed E-state index contributed by atoms with van der Waals surface area (Å²) in [6, 6.07) is 3.32. The summed E-state index contributed by atoms with van der Waals surface area (Å²) in [6.07, 6.45) is 2.07. The maximum absolute atomic E-state index is 13.2. The molecule has 0 bridgehead atoms. The predicted octanol–water partition coefficient (Wildman–Crippen LogP) is 3.32. The highest BCUT2D eigenvalue weighted by Crippen LogP contribution is 2.40. The molecule has 0 aliphatic heterocycles. The third-order valence-electron chi connectivity index (χ3n) is 3.20. The number of ether oxygens (including phenoxy) is 1. The molecule has 0 saturated heterocycles. The Balaban J connectivity index is 1.94. The molecular weight excluding hydrogens is 264 g/mol. The molecule has 2 N–H and O–H groups in total. The van der Waals surface area contributed by atoms with Gasteiger partial charge < -0.3 is 10.5 Å². The van der Waals surface area contributed by atoms with Gasteiger partial charge in [-0.3, -0.25) is 0 Å². The summed E-state index contributed by atoms with van der Waals surface area (Å²) in [5, 5.41) is 0. The number of nitrogens with two attached hydrogens (primary N) is 1. The van der Waals surface area contributed by atoms with E-state index in [0.717, 1.165) is 25.0 Å². The van der Waals surface area contributed by atoms with E-state index >= 15 is 0 Å². The maximum Gasteiger partial charge on any atom is 0.227 e. The van der Waals surface area contributed by atoms with E-state index in [-0.39, 0.29) is 11.6 Å². The molecule has 0 amide bonds. The van der Waals surface area contributed by atoms with Crippen LogP contribution in [0.3, 0.4) is 0 Å². The normalized spacial score (nSPS) is 14.3. The zero-order valence-electron chi connectivity index (χ0n) is 10.9. The molecule has 2 aromatic rings. The van der Waals surface area contributed by atoms with Crippen LogP contribution in [0.25, 0.3) is 0 Å². The molecule has 1 aromatic carbocycles. The van der Waals surface area contributed by atoms with Crippen LogP contribution in [-0.2, 0) is 0 Å². The average Bonchev–Trinajstić information content (AvgIpc) is 3.23. The van der Waals surface area contributed by atoms with Crippen molar-refractivity contribution in [3.8, 4) is 11.6 Å². The first-order valence-electron chi connectivity index (χ1n) is 6.31. The third-order valence-corrected chi connectivity index (χ3v) is 3.20. The second-order valence-corrected chi connectivity index (χ2v) is 4.85. The van der Waals surface area contributed by atoms with E-state index in [4.69, 9.17) is 10.5 Å². The number of halogens is 2. The standard InChI is InChI=1S/C14H13F2N3O/c1-7-12(17)18-13(8-2-3-8)19-14(7)20-9-4-5-10(15)11(16)6-9/h4-6,8H,2-3H2,1H3,(H2,17,18,19). The van der Waals surface area contributed by atoms with Crippen LogP contribution in [0.1, 0.15) is 30.1 Å². The Kier molecular flexibility index (Phi) is 3.00. The molecule has 1 aliphatic rings.